The van der Waals surface area contributed by atoms with Crippen LogP contribution in [0.2, 0.25) is 0 Å². The second-order valence-electron chi connectivity index (χ2n) is 8.08. The molecule has 0 amide bonds. The first kappa shape index (κ1) is 18.8. The summed E-state index contributed by atoms with van der Waals surface area (Å²) in [5.41, 5.74) is 1.43. The highest BCUT2D eigenvalue weighted by molar-refractivity contribution is 7.18. The number of fused-ring (bicyclic) bond motifs is 1. The normalized spacial score (nSPS) is 19.5. The molecule has 3 rings (SSSR count). The zero-order valence-corrected chi connectivity index (χ0v) is 17.2. The molecule has 6 heteroatoms. The fourth-order valence-corrected chi connectivity index (χ4v) is 3.99. The predicted octanol–water partition coefficient (Wildman–Crippen LogP) is 3.83. The largest absolute Gasteiger partial charge is 0.494 e. The minimum absolute atomic E-state index is 0.321. The molecule has 1 saturated heterocycles. The van der Waals surface area contributed by atoms with Gasteiger partial charge in [-0.25, -0.2) is 4.98 Å². The van der Waals surface area contributed by atoms with Crippen molar-refractivity contribution >= 4 is 34.1 Å². The van der Waals surface area contributed by atoms with Crippen molar-refractivity contribution in [1.82, 2.24) is 9.88 Å². The van der Waals surface area contributed by atoms with E-state index in [1.807, 2.05) is 0 Å². The van der Waals surface area contributed by atoms with E-state index in [1.54, 1.807) is 11.3 Å². The van der Waals surface area contributed by atoms with Crippen LogP contribution < -0.4 is 5.46 Å². The summed E-state index contributed by atoms with van der Waals surface area (Å²) in [6.07, 6.45) is 0. The molecule has 0 saturated carbocycles. The average Bonchev–Trinajstić information content (AvgIpc) is 3.01. The van der Waals surface area contributed by atoms with Crippen molar-refractivity contribution in [3.8, 4) is 0 Å². The Balaban J connectivity index is 1.84. The Morgan fingerprint density at radius 2 is 1.80 bits per heavy atom. The molecule has 2 aromatic rings. The summed E-state index contributed by atoms with van der Waals surface area (Å²) in [6.45, 7) is 16.9. The zero-order chi connectivity index (χ0) is 18.4. The Bertz CT molecular complexity index is 741. The van der Waals surface area contributed by atoms with Crippen LogP contribution in [0, 0.1) is 0 Å². The summed E-state index contributed by atoms with van der Waals surface area (Å²) in [4.78, 5) is 7.28. The third-order valence-electron chi connectivity index (χ3n) is 5.46. The molecule has 1 aromatic heterocycles. The molecule has 0 bridgehead atoms. The standard InChI is InChI=1S/C19H29BN2O2S/c1-8-22(13(2)3)12-17-21-15-11-14(9-10-16(15)25-17)20-23-18(4,5)19(6,7)24-20/h9-11,13H,8,12H2,1-7H3. The SMILES string of the molecule is CCN(Cc1nc2cc(B3OC(C)(C)C(C)(C)O3)ccc2s1)C(C)C. The maximum atomic E-state index is 6.16. The number of thiazole rings is 1. The van der Waals surface area contributed by atoms with E-state index in [1.165, 1.54) is 4.70 Å². The van der Waals surface area contributed by atoms with Gasteiger partial charge in [-0.1, -0.05) is 13.0 Å². The molecule has 0 aliphatic carbocycles. The Kier molecular flexibility index (Phi) is 5.01. The van der Waals surface area contributed by atoms with E-state index in [2.05, 4.69) is 71.6 Å². The fourth-order valence-electron chi connectivity index (χ4n) is 3.02. The molecule has 0 atom stereocenters. The van der Waals surface area contributed by atoms with Crippen LogP contribution in [-0.2, 0) is 15.9 Å². The number of nitrogens with zero attached hydrogens (tertiary/aromatic N) is 2. The van der Waals surface area contributed by atoms with Gasteiger partial charge in [-0.3, -0.25) is 4.90 Å². The van der Waals surface area contributed by atoms with Gasteiger partial charge in [0, 0.05) is 6.04 Å². The summed E-state index contributed by atoms with van der Waals surface area (Å²) in [6, 6.07) is 6.88. The van der Waals surface area contributed by atoms with Crippen LogP contribution in [0.1, 0.15) is 53.5 Å². The van der Waals surface area contributed by atoms with E-state index < -0.39 is 0 Å². The van der Waals surface area contributed by atoms with Gasteiger partial charge in [-0.15, -0.1) is 11.3 Å². The van der Waals surface area contributed by atoms with Crippen molar-refractivity contribution in [3.05, 3.63) is 23.2 Å². The molecule has 4 nitrogen and oxygen atoms in total. The molecular formula is C19H29BN2O2S. The lowest BCUT2D eigenvalue weighted by Gasteiger charge is -2.32. The lowest BCUT2D eigenvalue weighted by atomic mass is 9.79. The Hall–Kier alpha value is -0.945. The van der Waals surface area contributed by atoms with Gasteiger partial charge in [0.2, 0.25) is 0 Å². The van der Waals surface area contributed by atoms with Crippen LogP contribution >= 0.6 is 11.3 Å². The van der Waals surface area contributed by atoms with E-state index in [9.17, 15) is 0 Å². The summed E-state index contributed by atoms with van der Waals surface area (Å²) < 4.78 is 13.5. The molecule has 1 fully saturated rings. The van der Waals surface area contributed by atoms with Crippen molar-refractivity contribution < 1.29 is 9.31 Å². The predicted molar refractivity (Wildman–Crippen MR) is 107 cm³/mol. The minimum atomic E-state index is -0.331. The zero-order valence-electron chi connectivity index (χ0n) is 16.4. The molecular weight excluding hydrogens is 331 g/mol. The first-order valence-electron chi connectivity index (χ1n) is 9.12. The molecule has 1 aromatic carbocycles. The summed E-state index contributed by atoms with van der Waals surface area (Å²) in [5.74, 6) is 0. The highest BCUT2D eigenvalue weighted by Gasteiger charge is 2.51. The van der Waals surface area contributed by atoms with Crippen molar-refractivity contribution in [2.24, 2.45) is 0 Å². The number of hydrogen-bond acceptors (Lipinski definition) is 5. The molecule has 0 N–H and O–H groups in total. The third kappa shape index (κ3) is 3.63. The average molecular weight is 360 g/mol. The van der Waals surface area contributed by atoms with Crippen molar-refractivity contribution in [1.29, 1.82) is 0 Å². The van der Waals surface area contributed by atoms with Gasteiger partial charge in [0.05, 0.1) is 28.0 Å². The quantitative estimate of drug-likeness (QED) is 0.759. The Morgan fingerprint density at radius 1 is 1.16 bits per heavy atom. The second-order valence-corrected chi connectivity index (χ2v) is 9.20. The molecule has 0 radical (unpaired) electrons. The lowest BCUT2D eigenvalue weighted by molar-refractivity contribution is 0.00578. The van der Waals surface area contributed by atoms with Crippen LogP contribution in [0.25, 0.3) is 10.2 Å². The van der Waals surface area contributed by atoms with E-state index in [0.29, 0.717) is 6.04 Å². The van der Waals surface area contributed by atoms with Crippen LogP contribution in [-0.4, -0.2) is 40.8 Å². The lowest BCUT2D eigenvalue weighted by Crippen LogP contribution is -2.41. The van der Waals surface area contributed by atoms with Gasteiger partial charge in [0.1, 0.15) is 5.01 Å². The van der Waals surface area contributed by atoms with E-state index in [4.69, 9.17) is 14.3 Å². The molecule has 1 aliphatic rings. The van der Waals surface area contributed by atoms with Gasteiger partial charge in [-0.05, 0) is 65.7 Å². The molecule has 136 valence electrons. The van der Waals surface area contributed by atoms with Gasteiger partial charge in [0.25, 0.3) is 0 Å². The van der Waals surface area contributed by atoms with Gasteiger partial charge >= 0.3 is 7.12 Å². The maximum Gasteiger partial charge on any atom is 0.494 e. The van der Waals surface area contributed by atoms with E-state index in [-0.39, 0.29) is 18.3 Å². The summed E-state index contributed by atoms with van der Waals surface area (Å²) >= 11 is 1.77. The topological polar surface area (TPSA) is 34.6 Å². The van der Waals surface area contributed by atoms with Crippen molar-refractivity contribution in [2.45, 2.75) is 72.3 Å². The number of benzene rings is 1. The molecule has 25 heavy (non-hydrogen) atoms. The number of rotatable bonds is 5. The van der Waals surface area contributed by atoms with Crippen LogP contribution in [0.15, 0.2) is 18.2 Å². The maximum absolute atomic E-state index is 6.16. The van der Waals surface area contributed by atoms with Crippen molar-refractivity contribution in [2.75, 3.05) is 6.54 Å². The molecule has 1 aliphatic heterocycles. The van der Waals surface area contributed by atoms with Crippen LogP contribution in [0.5, 0.6) is 0 Å². The van der Waals surface area contributed by atoms with Crippen LogP contribution in [0.3, 0.4) is 0 Å². The smallest absolute Gasteiger partial charge is 0.399 e. The number of aromatic nitrogens is 1. The van der Waals surface area contributed by atoms with Gasteiger partial charge in [-0.2, -0.15) is 0 Å². The van der Waals surface area contributed by atoms with Gasteiger partial charge < -0.3 is 9.31 Å². The third-order valence-corrected chi connectivity index (χ3v) is 6.48. The summed E-state index contributed by atoms with van der Waals surface area (Å²) in [5, 5.41) is 1.16. The molecule has 2 heterocycles. The molecule has 0 unspecified atom stereocenters. The fraction of sp³-hybridized carbons (Fsp3) is 0.632. The van der Waals surface area contributed by atoms with E-state index >= 15 is 0 Å². The van der Waals surface area contributed by atoms with Gasteiger partial charge in [0.15, 0.2) is 0 Å². The van der Waals surface area contributed by atoms with Crippen molar-refractivity contribution in [3.63, 3.8) is 0 Å². The second kappa shape index (κ2) is 6.65. The first-order chi connectivity index (χ1) is 11.6. The molecule has 0 spiro atoms. The monoisotopic (exact) mass is 360 g/mol. The highest BCUT2D eigenvalue weighted by atomic mass is 32.1. The van der Waals surface area contributed by atoms with E-state index in [0.717, 1.165) is 29.1 Å². The Labute approximate surface area is 155 Å². The first-order valence-corrected chi connectivity index (χ1v) is 9.93. The highest BCUT2D eigenvalue weighted by Crippen LogP contribution is 2.36. The minimum Gasteiger partial charge on any atom is -0.399 e. The van der Waals surface area contributed by atoms with Crippen LogP contribution in [0.4, 0.5) is 0 Å². The number of hydrogen-bond donors (Lipinski definition) is 0. The summed E-state index contributed by atoms with van der Waals surface area (Å²) in [7, 11) is -0.331. The Morgan fingerprint density at radius 3 is 2.36 bits per heavy atom.